The van der Waals surface area contributed by atoms with Gasteiger partial charge in [-0.1, -0.05) is 41.7 Å². The molecule has 3 aromatic rings. The van der Waals surface area contributed by atoms with E-state index in [9.17, 15) is 9.59 Å². The van der Waals surface area contributed by atoms with Gasteiger partial charge in [0.1, 0.15) is 13.2 Å². The maximum Gasteiger partial charge on any atom is 0.315 e. The summed E-state index contributed by atoms with van der Waals surface area (Å²) in [5.41, 5.74) is 1.75. The second-order valence-corrected chi connectivity index (χ2v) is 7.41. The minimum Gasteiger partial charge on any atom is -0.486 e. The van der Waals surface area contributed by atoms with Crippen LogP contribution >= 0.6 is 11.3 Å². The fourth-order valence-corrected chi connectivity index (χ4v) is 3.72. The van der Waals surface area contributed by atoms with Crippen molar-refractivity contribution in [1.29, 1.82) is 0 Å². The first-order valence-corrected chi connectivity index (χ1v) is 10.0. The van der Waals surface area contributed by atoms with Gasteiger partial charge in [0.2, 0.25) is 5.91 Å². The first kappa shape index (κ1) is 19.0. The van der Waals surface area contributed by atoms with Crippen LogP contribution in [-0.4, -0.2) is 36.7 Å². The standard InChI is InChI=1S/C20H20N4O4S/c25-18(6-7-21-19(26)22-12-13-4-2-1-3-5-13)24-20-23-14-10-15-16(11-17(14)29-20)28-9-8-27-15/h1-5,10-11H,6-9,12H2,(H2,21,22,26)(H,23,24,25). The molecule has 0 saturated carbocycles. The van der Waals surface area contributed by atoms with Gasteiger partial charge in [-0.2, -0.15) is 0 Å². The van der Waals surface area contributed by atoms with Crippen molar-refractivity contribution in [1.82, 2.24) is 15.6 Å². The zero-order chi connectivity index (χ0) is 20.1. The topological polar surface area (TPSA) is 102 Å². The highest BCUT2D eigenvalue weighted by atomic mass is 32.1. The van der Waals surface area contributed by atoms with Crippen LogP contribution < -0.4 is 25.4 Å². The molecule has 0 atom stereocenters. The SMILES string of the molecule is O=C(CCNC(=O)NCc1ccccc1)Nc1nc2cc3c(cc2s1)OCCO3. The Bertz CT molecular complexity index is 979. The molecule has 0 saturated heterocycles. The normalized spacial score (nSPS) is 12.4. The van der Waals surface area contributed by atoms with E-state index in [1.807, 2.05) is 42.5 Å². The van der Waals surface area contributed by atoms with Crippen molar-refractivity contribution in [3.05, 3.63) is 48.0 Å². The first-order chi connectivity index (χ1) is 14.2. The number of urea groups is 1. The molecule has 2 aromatic carbocycles. The number of hydrogen-bond acceptors (Lipinski definition) is 6. The Morgan fingerprint density at radius 2 is 1.79 bits per heavy atom. The molecular weight excluding hydrogens is 392 g/mol. The van der Waals surface area contributed by atoms with Crippen LogP contribution in [-0.2, 0) is 11.3 Å². The van der Waals surface area contributed by atoms with Gasteiger partial charge in [-0.05, 0) is 5.56 Å². The van der Waals surface area contributed by atoms with Crippen LogP contribution in [0.25, 0.3) is 10.2 Å². The van der Waals surface area contributed by atoms with Crippen LogP contribution in [0.5, 0.6) is 11.5 Å². The Labute approximate surface area is 171 Å². The summed E-state index contributed by atoms with van der Waals surface area (Å²) >= 11 is 1.37. The number of ether oxygens (including phenoxy) is 2. The van der Waals surface area contributed by atoms with Crippen molar-refractivity contribution in [2.75, 3.05) is 25.1 Å². The van der Waals surface area contributed by atoms with E-state index in [1.54, 1.807) is 0 Å². The van der Waals surface area contributed by atoms with E-state index >= 15 is 0 Å². The van der Waals surface area contributed by atoms with E-state index in [-0.39, 0.29) is 24.9 Å². The lowest BCUT2D eigenvalue weighted by Gasteiger charge is -2.17. The van der Waals surface area contributed by atoms with Gasteiger partial charge in [0.05, 0.1) is 10.2 Å². The van der Waals surface area contributed by atoms with Crippen LogP contribution in [0.4, 0.5) is 9.93 Å². The molecule has 0 spiro atoms. The number of hydrogen-bond donors (Lipinski definition) is 3. The maximum atomic E-state index is 12.1. The Kier molecular flexibility index (Phi) is 5.76. The van der Waals surface area contributed by atoms with Crippen LogP contribution in [0.1, 0.15) is 12.0 Å². The zero-order valence-corrected chi connectivity index (χ0v) is 16.4. The highest BCUT2D eigenvalue weighted by Gasteiger charge is 2.16. The highest BCUT2D eigenvalue weighted by molar-refractivity contribution is 7.22. The molecule has 1 aliphatic rings. The highest BCUT2D eigenvalue weighted by Crippen LogP contribution is 2.37. The van der Waals surface area contributed by atoms with Gasteiger partial charge in [0.25, 0.3) is 0 Å². The van der Waals surface area contributed by atoms with E-state index in [4.69, 9.17) is 9.47 Å². The minimum atomic E-state index is -0.313. The summed E-state index contributed by atoms with van der Waals surface area (Å²) in [6, 6.07) is 13.0. The lowest BCUT2D eigenvalue weighted by Crippen LogP contribution is -2.36. The molecule has 0 radical (unpaired) electrons. The molecular formula is C20H20N4O4S. The molecule has 4 rings (SSSR count). The van der Waals surface area contributed by atoms with Crippen molar-refractivity contribution in [3.8, 4) is 11.5 Å². The predicted octanol–water partition coefficient (Wildman–Crippen LogP) is 2.90. The number of carbonyl (C=O) groups is 2. The lowest BCUT2D eigenvalue weighted by molar-refractivity contribution is -0.116. The second-order valence-electron chi connectivity index (χ2n) is 6.38. The van der Waals surface area contributed by atoms with Crippen LogP contribution in [0.15, 0.2) is 42.5 Å². The lowest BCUT2D eigenvalue weighted by atomic mass is 10.2. The van der Waals surface area contributed by atoms with Gasteiger partial charge in [-0.15, -0.1) is 0 Å². The third-order valence-corrected chi connectivity index (χ3v) is 5.17. The van der Waals surface area contributed by atoms with Crippen molar-refractivity contribution in [2.24, 2.45) is 0 Å². The Balaban J connectivity index is 1.24. The van der Waals surface area contributed by atoms with E-state index in [0.29, 0.717) is 36.4 Å². The molecule has 8 nitrogen and oxygen atoms in total. The van der Waals surface area contributed by atoms with Crippen LogP contribution in [0, 0.1) is 0 Å². The van der Waals surface area contributed by atoms with Gasteiger partial charge >= 0.3 is 6.03 Å². The molecule has 150 valence electrons. The van der Waals surface area contributed by atoms with Gasteiger partial charge in [0, 0.05) is 31.6 Å². The predicted molar refractivity (Wildman–Crippen MR) is 111 cm³/mol. The number of aromatic nitrogens is 1. The van der Waals surface area contributed by atoms with E-state index in [2.05, 4.69) is 20.9 Å². The van der Waals surface area contributed by atoms with E-state index in [0.717, 1.165) is 15.8 Å². The van der Waals surface area contributed by atoms with Gasteiger partial charge in [0.15, 0.2) is 16.6 Å². The molecule has 1 aliphatic heterocycles. The average molecular weight is 412 g/mol. The number of nitrogens with one attached hydrogen (secondary N) is 3. The fourth-order valence-electron chi connectivity index (χ4n) is 2.83. The number of carbonyl (C=O) groups excluding carboxylic acids is 2. The summed E-state index contributed by atoms with van der Waals surface area (Å²) in [5, 5.41) is 8.69. The molecule has 0 aliphatic carbocycles. The van der Waals surface area contributed by atoms with Crippen molar-refractivity contribution in [3.63, 3.8) is 0 Å². The molecule has 1 aromatic heterocycles. The van der Waals surface area contributed by atoms with Crippen LogP contribution in [0.3, 0.4) is 0 Å². The van der Waals surface area contributed by atoms with Gasteiger partial charge in [-0.3, -0.25) is 4.79 Å². The summed E-state index contributed by atoms with van der Waals surface area (Å²) in [7, 11) is 0. The molecule has 29 heavy (non-hydrogen) atoms. The smallest absolute Gasteiger partial charge is 0.315 e. The summed E-state index contributed by atoms with van der Waals surface area (Å²) in [6.07, 6.45) is 0.150. The quantitative estimate of drug-likeness (QED) is 0.578. The number of rotatable bonds is 6. The molecule has 0 bridgehead atoms. The summed E-state index contributed by atoms with van der Waals surface area (Å²) in [6.45, 7) is 1.69. The summed E-state index contributed by atoms with van der Waals surface area (Å²) in [4.78, 5) is 28.4. The summed E-state index contributed by atoms with van der Waals surface area (Å²) < 4.78 is 12.0. The zero-order valence-electron chi connectivity index (χ0n) is 15.6. The van der Waals surface area contributed by atoms with Crippen molar-refractivity contribution >= 4 is 38.6 Å². The largest absolute Gasteiger partial charge is 0.486 e. The third kappa shape index (κ3) is 4.94. The fraction of sp³-hybridized carbons (Fsp3) is 0.250. The number of amides is 3. The maximum absolute atomic E-state index is 12.1. The van der Waals surface area contributed by atoms with Gasteiger partial charge in [-0.25, -0.2) is 9.78 Å². The third-order valence-electron chi connectivity index (χ3n) is 4.23. The van der Waals surface area contributed by atoms with Crippen molar-refractivity contribution < 1.29 is 19.1 Å². The first-order valence-electron chi connectivity index (χ1n) is 9.23. The van der Waals surface area contributed by atoms with E-state index < -0.39 is 0 Å². The Morgan fingerprint density at radius 3 is 2.59 bits per heavy atom. The number of thiazole rings is 1. The molecule has 0 unspecified atom stereocenters. The molecule has 2 heterocycles. The summed E-state index contributed by atoms with van der Waals surface area (Å²) in [5.74, 6) is 1.14. The second kappa shape index (κ2) is 8.78. The van der Waals surface area contributed by atoms with Crippen molar-refractivity contribution in [2.45, 2.75) is 13.0 Å². The molecule has 3 N–H and O–H groups in total. The number of fused-ring (bicyclic) bond motifs is 2. The molecule has 0 fully saturated rings. The number of benzene rings is 2. The number of nitrogens with zero attached hydrogens (tertiary/aromatic N) is 1. The monoisotopic (exact) mass is 412 g/mol. The minimum absolute atomic E-state index is 0.150. The average Bonchev–Trinajstić information content (AvgIpc) is 3.12. The van der Waals surface area contributed by atoms with Crippen LogP contribution in [0.2, 0.25) is 0 Å². The van der Waals surface area contributed by atoms with E-state index in [1.165, 1.54) is 11.3 Å². The Morgan fingerprint density at radius 1 is 1.03 bits per heavy atom. The molecule has 3 amide bonds. The number of anilines is 1. The van der Waals surface area contributed by atoms with Gasteiger partial charge < -0.3 is 25.4 Å². The molecule has 9 heteroatoms. The Hall–Kier alpha value is -3.33.